The molecule has 2 aliphatic carbocycles. The highest BCUT2D eigenvalue weighted by atomic mass is 16.5. The van der Waals surface area contributed by atoms with E-state index in [2.05, 4.69) is 29.6 Å². The highest BCUT2D eigenvalue weighted by Gasteiger charge is 2.37. The Morgan fingerprint density at radius 2 is 2.05 bits per heavy atom. The van der Waals surface area contributed by atoms with Crippen molar-refractivity contribution in [3.63, 3.8) is 0 Å². The number of nitrogens with one attached hydrogen (secondary N) is 1. The summed E-state index contributed by atoms with van der Waals surface area (Å²) in [4.78, 5) is 0. The molecule has 3 rings (SSSR count). The molecule has 0 radical (unpaired) electrons. The maximum Gasteiger partial charge on any atom is 0.0802 e. The summed E-state index contributed by atoms with van der Waals surface area (Å²) in [5, 5.41) is 3.79. The van der Waals surface area contributed by atoms with Gasteiger partial charge in [-0.3, -0.25) is 0 Å². The van der Waals surface area contributed by atoms with E-state index in [4.69, 9.17) is 4.74 Å². The zero-order chi connectivity index (χ0) is 13.1. The van der Waals surface area contributed by atoms with Crippen LogP contribution in [-0.2, 0) is 11.2 Å². The molecule has 0 bridgehead atoms. The molecule has 104 valence electrons. The van der Waals surface area contributed by atoms with Gasteiger partial charge in [-0.2, -0.15) is 0 Å². The van der Waals surface area contributed by atoms with Crippen molar-refractivity contribution in [2.45, 2.75) is 56.6 Å². The Balaban J connectivity index is 1.70. The lowest BCUT2D eigenvalue weighted by atomic mass is 9.79. The van der Waals surface area contributed by atoms with Crippen molar-refractivity contribution in [3.05, 3.63) is 35.4 Å². The highest BCUT2D eigenvalue weighted by Crippen LogP contribution is 2.36. The molecule has 0 aliphatic heterocycles. The lowest BCUT2D eigenvalue weighted by Crippen LogP contribution is -2.48. The second-order valence-electron chi connectivity index (χ2n) is 6.12. The van der Waals surface area contributed by atoms with Gasteiger partial charge in [0.15, 0.2) is 0 Å². The minimum atomic E-state index is 0.126. The predicted octanol–water partition coefficient (Wildman–Crippen LogP) is 3.61. The summed E-state index contributed by atoms with van der Waals surface area (Å²) in [5.74, 6) is 0. The van der Waals surface area contributed by atoms with E-state index >= 15 is 0 Å². The summed E-state index contributed by atoms with van der Waals surface area (Å²) in [5.41, 5.74) is 3.18. The summed E-state index contributed by atoms with van der Waals surface area (Å²) >= 11 is 0. The lowest BCUT2D eigenvalue weighted by molar-refractivity contribution is -0.0710. The molecule has 2 aliphatic rings. The van der Waals surface area contributed by atoms with Crippen molar-refractivity contribution >= 4 is 0 Å². The first-order valence-corrected chi connectivity index (χ1v) is 7.69. The molecular formula is C17H25NO. The number of rotatable bonds is 4. The van der Waals surface area contributed by atoms with E-state index in [1.807, 2.05) is 7.11 Å². The molecule has 19 heavy (non-hydrogen) atoms. The Kier molecular flexibility index (Phi) is 3.90. The fraction of sp³-hybridized carbons (Fsp3) is 0.647. The van der Waals surface area contributed by atoms with E-state index in [9.17, 15) is 0 Å². The molecule has 0 aromatic heterocycles. The smallest absolute Gasteiger partial charge is 0.0802 e. The third-order valence-corrected chi connectivity index (χ3v) is 4.99. The van der Waals surface area contributed by atoms with Gasteiger partial charge in [0.05, 0.1) is 5.60 Å². The van der Waals surface area contributed by atoms with Gasteiger partial charge in [-0.15, -0.1) is 0 Å². The lowest BCUT2D eigenvalue weighted by Gasteiger charge is -2.41. The van der Waals surface area contributed by atoms with Crippen LogP contribution in [0.25, 0.3) is 0 Å². The van der Waals surface area contributed by atoms with Crippen molar-refractivity contribution in [2.24, 2.45) is 0 Å². The van der Waals surface area contributed by atoms with Crippen LogP contribution in [-0.4, -0.2) is 19.3 Å². The quantitative estimate of drug-likeness (QED) is 0.834. The molecule has 0 heterocycles. The Bertz CT molecular complexity index is 420. The van der Waals surface area contributed by atoms with Crippen molar-refractivity contribution in [1.82, 2.24) is 5.32 Å². The first-order chi connectivity index (χ1) is 9.33. The summed E-state index contributed by atoms with van der Waals surface area (Å²) in [6, 6.07) is 9.47. The summed E-state index contributed by atoms with van der Waals surface area (Å²) in [6.45, 7) is 1.00. The highest BCUT2D eigenvalue weighted by molar-refractivity contribution is 5.31. The Labute approximate surface area is 116 Å². The molecule has 1 saturated carbocycles. The summed E-state index contributed by atoms with van der Waals surface area (Å²) in [7, 11) is 1.86. The first-order valence-electron chi connectivity index (χ1n) is 7.69. The molecule has 1 unspecified atom stereocenters. The van der Waals surface area contributed by atoms with Gasteiger partial charge in [-0.25, -0.2) is 0 Å². The second-order valence-corrected chi connectivity index (χ2v) is 6.12. The van der Waals surface area contributed by atoms with Crippen molar-refractivity contribution in [3.8, 4) is 0 Å². The maximum atomic E-state index is 5.72. The van der Waals surface area contributed by atoms with E-state index < -0.39 is 0 Å². The van der Waals surface area contributed by atoms with Crippen LogP contribution in [0.5, 0.6) is 0 Å². The van der Waals surface area contributed by atoms with Crippen molar-refractivity contribution in [1.29, 1.82) is 0 Å². The van der Waals surface area contributed by atoms with E-state index in [0.717, 1.165) is 6.54 Å². The normalized spacial score (nSPS) is 25.2. The second kappa shape index (κ2) is 5.64. The van der Waals surface area contributed by atoms with Gasteiger partial charge in [0, 0.05) is 19.7 Å². The number of hydrogen-bond donors (Lipinski definition) is 1. The number of ether oxygens (including phenoxy) is 1. The zero-order valence-corrected chi connectivity index (χ0v) is 12.0. The molecule has 2 heteroatoms. The summed E-state index contributed by atoms with van der Waals surface area (Å²) < 4.78 is 5.72. The van der Waals surface area contributed by atoms with E-state index in [1.54, 1.807) is 0 Å². The van der Waals surface area contributed by atoms with Gasteiger partial charge in [-0.05, 0) is 49.7 Å². The monoisotopic (exact) mass is 259 g/mol. The number of benzene rings is 1. The van der Waals surface area contributed by atoms with Crippen LogP contribution in [0.1, 0.15) is 55.7 Å². The van der Waals surface area contributed by atoms with E-state index in [-0.39, 0.29) is 5.60 Å². The maximum absolute atomic E-state index is 5.72. The molecule has 1 atom stereocenters. The Morgan fingerprint density at radius 1 is 1.21 bits per heavy atom. The minimum Gasteiger partial charge on any atom is -0.377 e. The van der Waals surface area contributed by atoms with Gasteiger partial charge >= 0.3 is 0 Å². The van der Waals surface area contributed by atoms with Crippen LogP contribution in [0, 0.1) is 0 Å². The average Bonchev–Trinajstić information content (AvgIpc) is 2.61. The van der Waals surface area contributed by atoms with Crippen LogP contribution in [0.15, 0.2) is 24.3 Å². The average molecular weight is 259 g/mol. The number of aryl methyl sites for hydroxylation is 1. The molecule has 2 nitrogen and oxygen atoms in total. The molecule has 0 saturated heterocycles. The molecule has 1 fully saturated rings. The zero-order valence-electron chi connectivity index (χ0n) is 12.0. The van der Waals surface area contributed by atoms with Gasteiger partial charge < -0.3 is 10.1 Å². The Morgan fingerprint density at radius 3 is 2.79 bits per heavy atom. The number of hydrogen-bond acceptors (Lipinski definition) is 2. The van der Waals surface area contributed by atoms with Crippen molar-refractivity contribution in [2.75, 3.05) is 13.7 Å². The number of methoxy groups -OCH3 is 1. The standard InChI is InChI=1S/C17H25NO/c1-19-17(11-6-12-17)13-18-16-10-5-3-8-14-7-2-4-9-15(14)16/h2,4,7,9,16,18H,3,5-6,8,10-13H2,1H3. The van der Waals surface area contributed by atoms with Crippen molar-refractivity contribution < 1.29 is 4.74 Å². The molecule has 1 N–H and O–H groups in total. The van der Waals surface area contributed by atoms with Gasteiger partial charge in [0.25, 0.3) is 0 Å². The molecule has 1 aromatic carbocycles. The Hall–Kier alpha value is -0.860. The summed E-state index contributed by atoms with van der Waals surface area (Å²) in [6.07, 6.45) is 8.89. The minimum absolute atomic E-state index is 0.126. The van der Waals surface area contributed by atoms with Crippen LogP contribution in [0.2, 0.25) is 0 Å². The van der Waals surface area contributed by atoms with Gasteiger partial charge in [-0.1, -0.05) is 30.7 Å². The van der Waals surface area contributed by atoms with Crippen LogP contribution in [0.4, 0.5) is 0 Å². The first kappa shape index (κ1) is 13.1. The fourth-order valence-corrected chi connectivity index (χ4v) is 3.47. The topological polar surface area (TPSA) is 21.3 Å². The molecule has 1 aromatic rings. The molecular weight excluding hydrogens is 234 g/mol. The van der Waals surface area contributed by atoms with Crippen LogP contribution >= 0.6 is 0 Å². The fourth-order valence-electron chi connectivity index (χ4n) is 3.47. The molecule has 0 amide bonds. The van der Waals surface area contributed by atoms with Crippen LogP contribution in [0.3, 0.4) is 0 Å². The third kappa shape index (κ3) is 2.70. The van der Waals surface area contributed by atoms with Gasteiger partial charge in [0.2, 0.25) is 0 Å². The number of fused-ring (bicyclic) bond motifs is 1. The largest absolute Gasteiger partial charge is 0.377 e. The van der Waals surface area contributed by atoms with E-state index in [1.165, 1.54) is 56.1 Å². The van der Waals surface area contributed by atoms with Gasteiger partial charge in [0.1, 0.15) is 0 Å². The van der Waals surface area contributed by atoms with E-state index in [0.29, 0.717) is 6.04 Å². The SMILES string of the molecule is COC1(CNC2CCCCc3ccccc32)CCC1. The molecule has 0 spiro atoms. The van der Waals surface area contributed by atoms with Crippen LogP contribution < -0.4 is 5.32 Å². The predicted molar refractivity (Wildman–Crippen MR) is 78.3 cm³/mol. The third-order valence-electron chi connectivity index (χ3n) is 4.99.